The molecule has 15 heavy (non-hydrogen) atoms. The van der Waals surface area contributed by atoms with E-state index in [2.05, 4.69) is 10.5 Å². The molecule has 0 aliphatic carbocycles. The number of hydrogen-bond acceptors (Lipinski definition) is 4. The lowest BCUT2D eigenvalue weighted by atomic mass is 10.3. The molecule has 0 aliphatic rings. The molecule has 1 aromatic carbocycles. The van der Waals surface area contributed by atoms with Gasteiger partial charge >= 0.3 is 0 Å². The van der Waals surface area contributed by atoms with Crippen LogP contribution in [0, 0.1) is 11.3 Å². The normalized spacial score (nSPS) is 10.5. The third kappa shape index (κ3) is 2.97. The Morgan fingerprint density at radius 3 is 2.87 bits per heavy atom. The molecule has 0 aromatic heterocycles. The van der Waals surface area contributed by atoms with Gasteiger partial charge in [-0.1, -0.05) is 22.8 Å². The van der Waals surface area contributed by atoms with Gasteiger partial charge in [-0.3, -0.25) is 4.79 Å². The first-order valence-corrected chi connectivity index (χ1v) is 4.24. The van der Waals surface area contributed by atoms with E-state index in [9.17, 15) is 4.79 Å². The Bertz CT molecular complexity index is 451. The van der Waals surface area contributed by atoms with Crippen molar-refractivity contribution in [1.82, 2.24) is 0 Å². The molecule has 76 valence electrons. The maximum absolute atomic E-state index is 11.2. The Kier molecular flexibility index (Phi) is 3.66. The van der Waals surface area contributed by atoms with E-state index in [1.54, 1.807) is 18.2 Å². The van der Waals surface area contributed by atoms with Gasteiger partial charge in [0.15, 0.2) is 0 Å². The maximum Gasteiger partial charge on any atom is 0.288 e. The van der Waals surface area contributed by atoms with Crippen LogP contribution < -0.4 is 5.32 Å². The summed E-state index contributed by atoms with van der Waals surface area (Å²) >= 11 is 5.68. The predicted octanol–water partition coefficient (Wildman–Crippen LogP) is 1.63. The standard InChI is InChI=1S/C9H6ClN3O2/c10-6-2-1-3-7(4-6)12-9(14)8(5-11)13-15/h1-4,15H,(H,12,14)/b13-8-. The molecule has 6 heteroatoms. The predicted molar refractivity (Wildman–Crippen MR) is 54.9 cm³/mol. The number of carbonyl (C=O) groups excluding carboxylic acids is 1. The Labute approximate surface area is 90.6 Å². The van der Waals surface area contributed by atoms with E-state index in [0.29, 0.717) is 10.7 Å². The zero-order chi connectivity index (χ0) is 11.3. The van der Waals surface area contributed by atoms with Gasteiger partial charge in [-0.05, 0) is 18.2 Å². The highest BCUT2D eigenvalue weighted by atomic mass is 35.5. The van der Waals surface area contributed by atoms with Crippen molar-refractivity contribution < 1.29 is 10.0 Å². The maximum atomic E-state index is 11.2. The zero-order valence-corrected chi connectivity index (χ0v) is 8.19. The molecule has 0 atom stereocenters. The Morgan fingerprint density at radius 2 is 2.33 bits per heavy atom. The summed E-state index contributed by atoms with van der Waals surface area (Å²) in [5.41, 5.74) is -0.195. The van der Waals surface area contributed by atoms with Crippen LogP contribution in [0.4, 0.5) is 5.69 Å². The molecule has 0 heterocycles. The minimum absolute atomic E-state index is 0.420. The topological polar surface area (TPSA) is 85.5 Å². The number of halogens is 1. The molecule has 1 aromatic rings. The van der Waals surface area contributed by atoms with Crippen LogP contribution in [0.2, 0.25) is 5.02 Å². The summed E-state index contributed by atoms with van der Waals surface area (Å²) in [5, 5.41) is 22.0. The fraction of sp³-hybridized carbons (Fsp3) is 0. The van der Waals surface area contributed by atoms with Crippen molar-refractivity contribution in [3.63, 3.8) is 0 Å². The van der Waals surface area contributed by atoms with E-state index in [-0.39, 0.29) is 0 Å². The first-order valence-electron chi connectivity index (χ1n) is 3.86. The van der Waals surface area contributed by atoms with Crippen molar-refractivity contribution in [3.8, 4) is 6.07 Å². The summed E-state index contributed by atoms with van der Waals surface area (Å²) in [6.07, 6.45) is 0. The summed E-state index contributed by atoms with van der Waals surface area (Å²) in [6.45, 7) is 0. The molecule has 0 saturated heterocycles. The number of nitrogens with one attached hydrogen (secondary N) is 1. The second-order valence-electron chi connectivity index (χ2n) is 2.52. The van der Waals surface area contributed by atoms with Gasteiger partial charge in [0.2, 0.25) is 5.71 Å². The molecule has 0 saturated carbocycles. The van der Waals surface area contributed by atoms with Gasteiger partial charge in [0.05, 0.1) is 0 Å². The molecule has 0 spiro atoms. The number of benzene rings is 1. The van der Waals surface area contributed by atoms with Crippen molar-refractivity contribution in [2.45, 2.75) is 0 Å². The molecule has 2 N–H and O–H groups in total. The minimum Gasteiger partial charge on any atom is -0.410 e. The fourth-order valence-corrected chi connectivity index (χ4v) is 1.07. The van der Waals surface area contributed by atoms with Crippen LogP contribution in [0.25, 0.3) is 0 Å². The van der Waals surface area contributed by atoms with Gasteiger partial charge < -0.3 is 10.5 Å². The molecule has 0 unspecified atom stereocenters. The smallest absolute Gasteiger partial charge is 0.288 e. The summed E-state index contributed by atoms with van der Waals surface area (Å²) in [7, 11) is 0. The van der Waals surface area contributed by atoms with Gasteiger partial charge in [-0.2, -0.15) is 5.26 Å². The van der Waals surface area contributed by atoms with Crippen molar-refractivity contribution in [1.29, 1.82) is 5.26 Å². The largest absolute Gasteiger partial charge is 0.410 e. The summed E-state index contributed by atoms with van der Waals surface area (Å²) < 4.78 is 0. The lowest BCUT2D eigenvalue weighted by molar-refractivity contribution is -0.110. The molecule has 0 aliphatic heterocycles. The number of hydrogen-bond donors (Lipinski definition) is 2. The highest BCUT2D eigenvalue weighted by Crippen LogP contribution is 2.14. The SMILES string of the molecule is N#C/C(=N/O)C(=O)Nc1cccc(Cl)c1. The van der Waals surface area contributed by atoms with Crippen LogP contribution in [-0.4, -0.2) is 16.8 Å². The lowest BCUT2D eigenvalue weighted by Gasteiger charge is -2.02. The van der Waals surface area contributed by atoms with Crippen molar-refractivity contribution in [2.24, 2.45) is 5.16 Å². The Hall–Kier alpha value is -2.06. The van der Waals surface area contributed by atoms with Crippen LogP contribution in [0.1, 0.15) is 0 Å². The van der Waals surface area contributed by atoms with Gasteiger partial charge in [-0.25, -0.2) is 0 Å². The first-order chi connectivity index (χ1) is 7.17. The van der Waals surface area contributed by atoms with E-state index in [1.807, 2.05) is 0 Å². The number of anilines is 1. The minimum atomic E-state index is -0.790. The summed E-state index contributed by atoms with van der Waals surface area (Å²) in [6, 6.07) is 7.82. The number of rotatable bonds is 2. The van der Waals surface area contributed by atoms with E-state index >= 15 is 0 Å². The van der Waals surface area contributed by atoms with Crippen LogP contribution in [0.15, 0.2) is 29.4 Å². The molecular weight excluding hydrogens is 218 g/mol. The van der Waals surface area contributed by atoms with E-state index in [1.165, 1.54) is 12.1 Å². The van der Waals surface area contributed by atoms with E-state index in [4.69, 9.17) is 22.1 Å². The summed E-state index contributed by atoms with van der Waals surface area (Å²) in [5.74, 6) is -0.790. The van der Waals surface area contributed by atoms with Crippen LogP contribution in [0.5, 0.6) is 0 Å². The van der Waals surface area contributed by atoms with E-state index < -0.39 is 11.6 Å². The van der Waals surface area contributed by atoms with Crippen LogP contribution >= 0.6 is 11.6 Å². The molecule has 1 rings (SSSR count). The number of nitrogens with zero attached hydrogens (tertiary/aromatic N) is 2. The van der Waals surface area contributed by atoms with Gasteiger partial charge in [0.1, 0.15) is 6.07 Å². The average molecular weight is 224 g/mol. The molecule has 0 fully saturated rings. The highest BCUT2D eigenvalue weighted by Gasteiger charge is 2.11. The molecule has 1 amide bonds. The highest BCUT2D eigenvalue weighted by molar-refractivity contribution is 6.48. The molecule has 0 radical (unpaired) electrons. The first kappa shape index (κ1) is 11.0. The van der Waals surface area contributed by atoms with Gasteiger partial charge in [0, 0.05) is 10.7 Å². The quantitative estimate of drug-likeness (QED) is 0.454. The van der Waals surface area contributed by atoms with Crippen molar-refractivity contribution >= 4 is 28.9 Å². The monoisotopic (exact) mass is 223 g/mol. The molecular formula is C9H6ClN3O2. The molecule has 0 bridgehead atoms. The second kappa shape index (κ2) is 4.98. The Balaban J connectivity index is 2.80. The average Bonchev–Trinajstić information content (AvgIpc) is 2.19. The van der Waals surface area contributed by atoms with Crippen molar-refractivity contribution in [2.75, 3.05) is 5.32 Å². The number of oxime groups is 1. The Morgan fingerprint density at radius 1 is 1.60 bits per heavy atom. The van der Waals surface area contributed by atoms with Gasteiger partial charge in [-0.15, -0.1) is 0 Å². The summed E-state index contributed by atoms with van der Waals surface area (Å²) in [4.78, 5) is 11.2. The van der Waals surface area contributed by atoms with Crippen molar-refractivity contribution in [3.05, 3.63) is 29.3 Å². The fourth-order valence-electron chi connectivity index (χ4n) is 0.875. The molecule has 5 nitrogen and oxygen atoms in total. The second-order valence-corrected chi connectivity index (χ2v) is 2.96. The third-order valence-corrected chi connectivity index (χ3v) is 1.74. The van der Waals surface area contributed by atoms with Crippen LogP contribution in [0.3, 0.4) is 0 Å². The number of amides is 1. The van der Waals surface area contributed by atoms with E-state index in [0.717, 1.165) is 0 Å². The zero-order valence-electron chi connectivity index (χ0n) is 7.44. The number of nitriles is 1. The van der Waals surface area contributed by atoms with Gasteiger partial charge in [0.25, 0.3) is 5.91 Å². The third-order valence-electron chi connectivity index (χ3n) is 1.50. The number of carbonyl (C=O) groups is 1. The van der Waals surface area contributed by atoms with Crippen LogP contribution in [-0.2, 0) is 4.79 Å². The lowest BCUT2D eigenvalue weighted by Crippen LogP contribution is -2.21.